The van der Waals surface area contributed by atoms with E-state index in [1.54, 1.807) is 0 Å². The summed E-state index contributed by atoms with van der Waals surface area (Å²) in [5.41, 5.74) is 0.554. The van der Waals surface area contributed by atoms with Crippen molar-refractivity contribution in [1.29, 1.82) is 0 Å². The lowest BCUT2D eigenvalue weighted by Gasteiger charge is -2.06. The minimum Gasteiger partial charge on any atom is -0.465 e. The number of nitro groups is 1. The lowest BCUT2D eigenvalue weighted by Crippen LogP contribution is -2.05. The van der Waals surface area contributed by atoms with Gasteiger partial charge in [0.05, 0.1) is 23.3 Å². The Balaban J connectivity index is 2.32. The van der Waals surface area contributed by atoms with E-state index in [2.05, 4.69) is 15.0 Å². The van der Waals surface area contributed by atoms with Crippen LogP contribution in [0.1, 0.15) is 17.3 Å². The van der Waals surface area contributed by atoms with E-state index in [0.717, 1.165) is 0 Å². The predicted octanol–water partition coefficient (Wildman–Crippen LogP) is 3.72. The summed E-state index contributed by atoms with van der Waals surface area (Å²) in [6.45, 7) is 1.24. The molecule has 2 aromatic carbocycles. The molecule has 2 aromatic rings. The second-order valence-corrected chi connectivity index (χ2v) is 4.74. The van der Waals surface area contributed by atoms with Gasteiger partial charge in [0.15, 0.2) is 0 Å². The number of esters is 2. The second-order valence-electron chi connectivity index (χ2n) is 4.74. The van der Waals surface area contributed by atoms with Crippen molar-refractivity contribution in [3.63, 3.8) is 0 Å². The van der Waals surface area contributed by atoms with Gasteiger partial charge in [-0.05, 0) is 30.3 Å². The van der Waals surface area contributed by atoms with Gasteiger partial charge in [0.1, 0.15) is 11.4 Å². The average Bonchev–Trinajstić information content (AvgIpc) is 2.59. The first kappa shape index (κ1) is 17.7. The number of carbonyl (C=O) groups is 2. The molecule has 9 heteroatoms. The van der Waals surface area contributed by atoms with Gasteiger partial charge in [-0.3, -0.25) is 14.9 Å². The predicted molar refractivity (Wildman–Crippen MR) is 86.4 cm³/mol. The van der Waals surface area contributed by atoms with Gasteiger partial charge in [-0.15, -0.1) is 5.11 Å². The zero-order valence-electron chi connectivity index (χ0n) is 13.3. The summed E-state index contributed by atoms with van der Waals surface area (Å²) in [5.74, 6) is -1.04. The Morgan fingerprint density at radius 2 is 1.76 bits per heavy atom. The third-order valence-electron chi connectivity index (χ3n) is 2.97. The van der Waals surface area contributed by atoms with Gasteiger partial charge in [0, 0.05) is 19.1 Å². The van der Waals surface area contributed by atoms with Gasteiger partial charge in [0.25, 0.3) is 5.69 Å². The Bertz CT molecular complexity index is 845. The van der Waals surface area contributed by atoms with Crippen molar-refractivity contribution in [1.82, 2.24) is 0 Å². The fourth-order valence-electron chi connectivity index (χ4n) is 1.86. The molecule has 0 atom stereocenters. The van der Waals surface area contributed by atoms with Crippen molar-refractivity contribution >= 4 is 29.0 Å². The van der Waals surface area contributed by atoms with E-state index in [-0.39, 0.29) is 22.7 Å². The number of ether oxygens (including phenoxy) is 2. The third kappa shape index (κ3) is 4.67. The van der Waals surface area contributed by atoms with Gasteiger partial charge in [0.2, 0.25) is 0 Å². The van der Waals surface area contributed by atoms with E-state index >= 15 is 0 Å². The zero-order chi connectivity index (χ0) is 18.4. The zero-order valence-corrected chi connectivity index (χ0v) is 13.3. The van der Waals surface area contributed by atoms with Crippen LogP contribution in [0.4, 0.5) is 17.1 Å². The molecule has 0 unspecified atom stereocenters. The number of carbonyl (C=O) groups excluding carboxylic acids is 2. The lowest BCUT2D eigenvalue weighted by molar-refractivity contribution is -0.384. The number of rotatable bonds is 5. The molecule has 0 amide bonds. The number of benzene rings is 2. The van der Waals surface area contributed by atoms with Crippen molar-refractivity contribution < 1.29 is 24.0 Å². The standard InChI is InChI=1S/C16H13N3O6/c1-10(20)25-13-7-8-15(14(9-13)16(21)24-2)18-17-11-3-5-12(6-4-11)19(22)23/h3-9H,1-2H3. The van der Waals surface area contributed by atoms with Crippen LogP contribution in [0.2, 0.25) is 0 Å². The number of nitro benzene ring substituents is 1. The maximum absolute atomic E-state index is 11.9. The van der Waals surface area contributed by atoms with Crippen LogP contribution >= 0.6 is 0 Å². The number of azo groups is 1. The molecule has 128 valence electrons. The molecular weight excluding hydrogens is 330 g/mol. The van der Waals surface area contributed by atoms with E-state index in [1.807, 2.05) is 0 Å². The Kier molecular flexibility index (Phi) is 5.51. The first-order valence-electron chi connectivity index (χ1n) is 6.97. The highest BCUT2D eigenvalue weighted by molar-refractivity contribution is 5.95. The van der Waals surface area contributed by atoms with Crippen LogP contribution in [0.25, 0.3) is 0 Å². The molecule has 0 N–H and O–H groups in total. The third-order valence-corrected chi connectivity index (χ3v) is 2.97. The van der Waals surface area contributed by atoms with E-state index in [9.17, 15) is 19.7 Å². The molecule has 0 saturated carbocycles. The summed E-state index contributed by atoms with van der Waals surface area (Å²) >= 11 is 0. The summed E-state index contributed by atoms with van der Waals surface area (Å²) in [6, 6.07) is 9.65. The van der Waals surface area contributed by atoms with E-state index < -0.39 is 16.9 Å². The summed E-state index contributed by atoms with van der Waals surface area (Å²) in [5, 5.41) is 18.5. The van der Waals surface area contributed by atoms with Gasteiger partial charge in [-0.25, -0.2) is 4.79 Å². The van der Waals surface area contributed by atoms with Crippen LogP contribution in [0.3, 0.4) is 0 Å². The molecule has 0 radical (unpaired) electrons. The fourth-order valence-corrected chi connectivity index (χ4v) is 1.86. The SMILES string of the molecule is COC(=O)c1cc(OC(C)=O)ccc1N=Nc1ccc([N+](=O)[O-])cc1. The molecule has 25 heavy (non-hydrogen) atoms. The molecular formula is C16H13N3O6. The van der Waals surface area contributed by atoms with Gasteiger partial charge >= 0.3 is 11.9 Å². The van der Waals surface area contributed by atoms with Crippen LogP contribution in [-0.4, -0.2) is 24.0 Å². The second kappa shape index (κ2) is 7.77. The Hall–Kier alpha value is -3.62. The van der Waals surface area contributed by atoms with Crippen molar-refractivity contribution in [2.75, 3.05) is 7.11 Å². The fraction of sp³-hybridized carbons (Fsp3) is 0.125. The molecule has 0 fully saturated rings. The number of methoxy groups -OCH3 is 1. The largest absolute Gasteiger partial charge is 0.465 e. The molecule has 0 heterocycles. The highest BCUT2D eigenvalue weighted by Crippen LogP contribution is 2.28. The van der Waals surface area contributed by atoms with E-state index in [4.69, 9.17) is 4.74 Å². The van der Waals surface area contributed by atoms with Crippen molar-refractivity contribution in [2.45, 2.75) is 6.92 Å². The number of non-ortho nitro benzene ring substituents is 1. The molecule has 2 rings (SSSR count). The number of nitrogens with zero attached hydrogens (tertiary/aromatic N) is 3. The monoisotopic (exact) mass is 343 g/mol. The first-order chi connectivity index (χ1) is 11.9. The van der Waals surface area contributed by atoms with Crippen LogP contribution in [0, 0.1) is 10.1 Å². The maximum Gasteiger partial charge on any atom is 0.340 e. The van der Waals surface area contributed by atoms with Crippen LogP contribution in [0.15, 0.2) is 52.7 Å². The Morgan fingerprint density at radius 1 is 1.08 bits per heavy atom. The summed E-state index contributed by atoms with van der Waals surface area (Å²) < 4.78 is 9.60. The topological polar surface area (TPSA) is 120 Å². The highest BCUT2D eigenvalue weighted by atomic mass is 16.6. The maximum atomic E-state index is 11.9. The summed E-state index contributed by atoms with van der Waals surface area (Å²) in [4.78, 5) is 33.0. The molecule has 0 aliphatic carbocycles. The van der Waals surface area contributed by atoms with Crippen molar-refractivity contribution in [2.24, 2.45) is 10.2 Å². The Morgan fingerprint density at radius 3 is 2.32 bits per heavy atom. The normalized spacial score (nSPS) is 10.5. The highest BCUT2D eigenvalue weighted by Gasteiger charge is 2.14. The molecule has 0 bridgehead atoms. The smallest absolute Gasteiger partial charge is 0.340 e. The lowest BCUT2D eigenvalue weighted by atomic mass is 10.1. The van der Waals surface area contributed by atoms with E-state index in [0.29, 0.717) is 5.69 Å². The number of hydrogen-bond donors (Lipinski definition) is 0. The molecule has 9 nitrogen and oxygen atoms in total. The van der Waals surface area contributed by atoms with Gasteiger partial charge < -0.3 is 9.47 Å². The Labute approximate surface area is 142 Å². The minimum atomic E-state index is -0.674. The molecule has 0 spiro atoms. The minimum absolute atomic E-state index is 0.0620. The molecule has 0 aliphatic rings. The van der Waals surface area contributed by atoms with Crippen LogP contribution in [0.5, 0.6) is 5.75 Å². The molecule has 0 aliphatic heterocycles. The van der Waals surface area contributed by atoms with Gasteiger partial charge in [-0.2, -0.15) is 5.11 Å². The van der Waals surface area contributed by atoms with Crippen LogP contribution < -0.4 is 4.74 Å². The molecule has 0 aromatic heterocycles. The molecule has 0 saturated heterocycles. The summed E-state index contributed by atoms with van der Waals surface area (Å²) in [7, 11) is 1.21. The summed E-state index contributed by atoms with van der Waals surface area (Å²) in [6.07, 6.45) is 0. The van der Waals surface area contributed by atoms with Crippen molar-refractivity contribution in [3.05, 3.63) is 58.1 Å². The van der Waals surface area contributed by atoms with Crippen molar-refractivity contribution in [3.8, 4) is 5.75 Å². The quantitative estimate of drug-likeness (QED) is 0.268. The van der Waals surface area contributed by atoms with Crippen LogP contribution in [-0.2, 0) is 9.53 Å². The van der Waals surface area contributed by atoms with E-state index in [1.165, 1.54) is 56.5 Å². The number of hydrogen-bond acceptors (Lipinski definition) is 8. The van der Waals surface area contributed by atoms with Gasteiger partial charge in [-0.1, -0.05) is 0 Å². The average molecular weight is 343 g/mol. The first-order valence-corrected chi connectivity index (χ1v) is 6.97.